The highest BCUT2D eigenvalue weighted by Crippen LogP contribution is 2.30. The van der Waals surface area contributed by atoms with Crippen molar-refractivity contribution in [3.8, 4) is 0 Å². The third-order valence-electron chi connectivity index (χ3n) is 3.58. The first-order valence-corrected chi connectivity index (χ1v) is 6.77. The Hall–Kier alpha value is -1.23. The summed E-state index contributed by atoms with van der Waals surface area (Å²) in [6, 6.07) is 0. The first kappa shape index (κ1) is 14.8. The molecule has 0 spiro atoms. The third kappa shape index (κ3) is 3.16. The highest BCUT2D eigenvalue weighted by atomic mass is 16.4. The van der Waals surface area contributed by atoms with Crippen LogP contribution in [-0.4, -0.2) is 22.3 Å². The normalized spacial score (nSPS) is 22.8. The SMILES string of the molecule is CCCCCCCC[N+]1(C(=O)O)N=NC(C)=C1C. The molecule has 1 N–H and O–H groups in total. The maximum absolute atomic E-state index is 11.4. The molecule has 0 aromatic carbocycles. The largest absolute Gasteiger partial charge is 0.547 e. The Kier molecular flexibility index (Phi) is 5.47. The third-order valence-corrected chi connectivity index (χ3v) is 3.58. The molecule has 0 aliphatic carbocycles. The quantitative estimate of drug-likeness (QED) is 0.538. The molecule has 18 heavy (non-hydrogen) atoms. The van der Waals surface area contributed by atoms with E-state index in [-0.39, 0.29) is 4.59 Å². The van der Waals surface area contributed by atoms with Gasteiger partial charge in [0, 0.05) is 18.6 Å². The molecule has 0 saturated carbocycles. The van der Waals surface area contributed by atoms with Crippen LogP contribution in [0, 0.1) is 0 Å². The van der Waals surface area contributed by atoms with Gasteiger partial charge in [-0.2, -0.15) is 4.79 Å². The number of rotatable bonds is 7. The molecule has 102 valence electrons. The fraction of sp³-hybridized carbons (Fsp3) is 0.769. The lowest BCUT2D eigenvalue weighted by molar-refractivity contribution is -0.827. The van der Waals surface area contributed by atoms with E-state index in [0.717, 1.165) is 24.2 Å². The van der Waals surface area contributed by atoms with Gasteiger partial charge in [0.1, 0.15) is 12.2 Å². The van der Waals surface area contributed by atoms with Crippen LogP contribution in [0.25, 0.3) is 0 Å². The highest BCUT2D eigenvalue weighted by Gasteiger charge is 2.45. The van der Waals surface area contributed by atoms with Gasteiger partial charge in [0.2, 0.25) is 0 Å². The lowest BCUT2D eigenvalue weighted by Gasteiger charge is -2.21. The van der Waals surface area contributed by atoms with Crippen molar-refractivity contribution in [1.82, 2.24) is 0 Å². The topological polar surface area (TPSA) is 62.0 Å². The van der Waals surface area contributed by atoms with Crippen molar-refractivity contribution in [2.24, 2.45) is 10.3 Å². The molecule has 1 rings (SSSR count). The van der Waals surface area contributed by atoms with Crippen LogP contribution < -0.4 is 0 Å². The molecule has 5 nitrogen and oxygen atoms in total. The molecule has 1 unspecified atom stereocenters. The van der Waals surface area contributed by atoms with E-state index >= 15 is 0 Å². The van der Waals surface area contributed by atoms with E-state index in [1.807, 2.05) is 6.92 Å². The fourth-order valence-electron chi connectivity index (χ4n) is 2.16. The van der Waals surface area contributed by atoms with Gasteiger partial charge in [-0.3, -0.25) is 0 Å². The number of allylic oxidation sites excluding steroid dienone is 2. The number of quaternary nitrogens is 1. The van der Waals surface area contributed by atoms with E-state index in [1.54, 1.807) is 6.92 Å². The van der Waals surface area contributed by atoms with Gasteiger partial charge in [-0.1, -0.05) is 37.7 Å². The average Bonchev–Trinajstić information content (AvgIpc) is 2.63. The maximum Gasteiger partial charge on any atom is 0.547 e. The van der Waals surface area contributed by atoms with Gasteiger partial charge in [0.15, 0.2) is 5.70 Å². The lowest BCUT2D eigenvalue weighted by Crippen LogP contribution is -2.44. The van der Waals surface area contributed by atoms with Crippen LogP contribution in [0.1, 0.15) is 59.3 Å². The minimum atomic E-state index is -0.929. The average molecular weight is 254 g/mol. The second-order valence-electron chi connectivity index (χ2n) is 4.90. The molecule has 0 saturated heterocycles. The van der Waals surface area contributed by atoms with E-state index in [9.17, 15) is 9.90 Å². The van der Waals surface area contributed by atoms with Gasteiger partial charge in [-0.25, -0.2) is 0 Å². The van der Waals surface area contributed by atoms with Crippen molar-refractivity contribution in [3.63, 3.8) is 0 Å². The summed E-state index contributed by atoms with van der Waals surface area (Å²) in [5.74, 6) is 0. The zero-order chi connectivity index (χ0) is 13.6. The molecule has 1 aliphatic heterocycles. The molecule has 0 radical (unpaired) electrons. The summed E-state index contributed by atoms with van der Waals surface area (Å²) >= 11 is 0. The Morgan fingerprint density at radius 2 is 1.78 bits per heavy atom. The molecule has 1 aliphatic rings. The maximum atomic E-state index is 11.4. The summed E-state index contributed by atoms with van der Waals surface area (Å²) in [6.07, 6.45) is 5.91. The zero-order valence-corrected chi connectivity index (χ0v) is 11.6. The van der Waals surface area contributed by atoms with E-state index < -0.39 is 6.09 Å². The molecule has 0 aromatic rings. The first-order chi connectivity index (χ1) is 8.54. The van der Waals surface area contributed by atoms with Crippen LogP contribution in [0.4, 0.5) is 4.79 Å². The number of hydrogen-bond donors (Lipinski definition) is 1. The van der Waals surface area contributed by atoms with Gasteiger partial charge in [0.25, 0.3) is 0 Å². The minimum Gasteiger partial charge on any atom is -0.433 e. The van der Waals surface area contributed by atoms with Crippen molar-refractivity contribution in [2.45, 2.75) is 59.3 Å². The van der Waals surface area contributed by atoms with Gasteiger partial charge in [-0.15, -0.1) is 0 Å². The number of carbonyl (C=O) groups is 1. The lowest BCUT2D eigenvalue weighted by atomic mass is 10.1. The predicted octanol–water partition coefficient (Wildman–Crippen LogP) is 4.47. The summed E-state index contributed by atoms with van der Waals surface area (Å²) in [6.45, 7) is 6.31. The summed E-state index contributed by atoms with van der Waals surface area (Å²) in [4.78, 5) is 11.4. The van der Waals surface area contributed by atoms with Crippen molar-refractivity contribution < 1.29 is 14.5 Å². The van der Waals surface area contributed by atoms with Gasteiger partial charge in [0.05, 0.1) is 0 Å². The number of nitrogens with zero attached hydrogens (tertiary/aromatic N) is 3. The van der Waals surface area contributed by atoms with Crippen LogP contribution in [0.15, 0.2) is 21.7 Å². The van der Waals surface area contributed by atoms with Crippen LogP contribution in [0.3, 0.4) is 0 Å². The Labute approximate surface area is 109 Å². The van der Waals surface area contributed by atoms with Crippen molar-refractivity contribution in [3.05, 3.63) is 11.4 Å². The smallest absolute Gasteiger partial charge is 0.433 e. The zero-order valence-electron chi connectivity index (χ0n) is 11.6. The molecular formula is C13H24N3O2+. The van der Waals surface area contributed by atoms with Gasteiger partial charge in [-0.05, 0) is 17.9 Å². The van der Waals surface area contributed by atoms with Crippen molar-refractivity contribution in [2.75, 3.05) is 6.54 Å². The number of hydrogen-bond acceptors (Lipinski definition) is 3. The molecule has 0 fully saturated rings. The number of amides is 1. The Morgan fingerprint density at radius 3 is 2.28 bits per heavy atom. The predicted molar refractivity (Wildman–Crippen MR) is 69.8 cm³/mol. The Bertz CT molecular complexity index is 363. The summed E-state index contributed by atoms with van der Waals surface area (Å²) < 4.78 is -0.348. The summed E-state index contributed by atoms with van der Waals surface area (Å²) in [7, 11) is 0. The van der Waals surface area contributed by atoms with Crippen LogP contribution in [-0.2, 0) is 0 Å². The molecule has 5 heteroatoms. The van der Waals surface area contributed by atoms with E-state index in [0.29, 0.717) is 6.54 Å². The van der Waals surface area contributed by atoms with Crippen molar-refractivity contribution in [1.29, 1.82) is 0 Å². The minimum absolute atomic E-state index is 0.348. The standard InChI is InChI=1S/C13H23N3O2/c1-4-5-6-7-8-9-10-16(13(17)18)12(3)11(2)14-15-16/h4-10H2,1-3H3/p+1. The molecule has 0 bridgehead atoms. The Balaban J connectivity index is 2.47. The molecule has 1 heterocycles. The fourth-order valence-corrected chi connectivity index (χ4v) is 2.16. The summed E-state index contributed by atoms with van der Waals surface area (Å²) in [5, 5.41) is 17.2. The van der Waals surface area contributed by atoms with E-state index in [4.69, 9.17) is 0 Å². The molecular weight excluding hydrogens is 230 g/mol. The first-order valence-electron chi connectivity index (χ1n) is 6.77. The van der Waals surface area contributed by atoms with Crippen LogP contribution in [0.2, 0.25) is 0 Å². The monoisotopic (exact) mass is 254 g/mol. The summed E-state index contributed by atoms with van der Waals surface area (Å²) in [5.41, 5.74) is 1.46. The Morgan fingerprint density at radius 1 is 1.17 bits per heavy atom. The molecule has 1 atom stereocenters. The number of carboxylic acid groups (broad SMARTS) is 1. The highest BCUT2D eigenvalue weighted by molar-refractivity contribution is 5.58. The molecule has 1 amide bonds. The van der Waals surface area contributed by atoms with E-state index in [2.05, 4.69) is 17.3 Å². The molecule has 0 aromatic heterocycles. The van der Waals surface area contributed by atoms with Crippen LogP contribution >= 0.6 is 0 Å². The van der Waals surface area contributed by atoms with Gasteiger partial charge < -0.3 is 5.11 Å². The number of unbranched alkanes of at least 4 members (excludes halogenated alkanes) is 5. The second-order valence-corrected chi connectivity index (χ2v) is 4.90. The van der Waals surface area contributed by atoms with Crippen molar-refractivity contribution >= 4 is 6.09 Å². The van der Waals surface area contributed by atoms with Gasteiger partial charge >= 0.3 is 6.09 Å². The van der Waals surface area contributed by atoms with E-state index in [1.165, 1.54) is 25.7 Å². The second kappa shape index (κ2) is 6.64. The van der Waals surface area contributed by atoms with Crippen LogP contribution in [0.5, 0.6) is 0 Å².